The van der Waals surface area contributed by atoms with E-state index >= 15 is 0 Å². The summed E-state index contributed by atoms with van der Waals surface area (Å²) in [5, 5.41) is 19.2. The van der Waals surface area contributed by atoms with E-state index in [0.717, 1.165) is 0 Å². The number of benzene rings is 1. The molecule has 10 heteroatoms. The molecule has 2 aromatic rings. The van der Waals surface area contributed by atoms with E-state index in [2.05, 4.69) is 15.6 Å². The van der Waals surface area contributed by atoms with Crippen LogP contribution in [0.1, 0.15) is 26.4 Å². The number of carboxylic acid groups (broad SMARTS) is 1. The molecule has 26 heavy (non-hydrogen) atoms. The number of carbonyl (C=O) groups excluding carboxylic acids is 2. The van der Waals surface area contributed by atoms with Crippen LogP contribution in [-0.4, -0.2) is 64.0 Å². The molecular weight excluding hydrogens is 342 g/mol. The van der Waals surface area contributed by atoms with Gasteiger partial charge in [0.1, 0.15) is 6.54 Å². The molecule has 0 aliphatic rings. The van der Waals surface area contributed by atoms with Crippen molar-refractivity contribution < 1.29 is 24.2 Å². The summed E-state index contributed by atoms with van der Waals surface area (Å²) in [7, 11) is 4.71. The van der Waals surface area contributed by atoms with E-state index in [-0.39, 0.29) is 30.3 Å². The van der Waals surface area contributed by atoms with Crippen LogP contribution in [-0.2, 0) is 22.7 Å². The Morgan fingerprint density at radius 1 is 1.27 bits per heavy atom. The first-order chi connectivity index (χ1) is 12.3. The van der Waals surface area contributed by atoms with Crippen LogP contribution in [0.15, 0.2) is 24.4 Å². The van der Waals surface area contributed by atoms with E-state index in [9.17, 15) is 19.5 Å². The zero-order valence-electron chi connectivity index (χ0n) is 14.6. The van der Waals surface area contributed by atoms with Gasteiger partial charge in [-0.1, -0.05) is 5.21 Å². The average Bonchev–Trinajstić information content (AvgIpc) is 3.03. The molecule has 0 atom stereocenters. The molecule has 1 heterocycles. The van der Waals surface area contributed by atoms with Gasteiger partial charge in [-0.05, 0) is 23.8 Å². The highest BCUT2D eigenvalue weighted by atomic mass is 16.5. The predicted molar refractivity (Wildman–Crippen MR) is 90.8 cm³/mol. The smallest absolute Gasteiger partial charge is 0.335 e. The molecular formula is C16H19N5O5. The minimum atomic E-state index is -1.12. The molecule has 1 aromatic heterocycles. The second-order valence-corrected chi connectivity index (χ2v) is 5.70. The molecule has 0 spiro atoms. The van der Waals surface area contributed by atoms with Crippen molar-refractivity contribution >= 4 is 23.5 Å². The third-order valence-electron chi connectivity index (χ3n) is 3.38. The molecule has 0 fully saturated rings. The first-order valence-electron chi connectivity index (χ1n) is 7.58. The Labute approximate surface area is 149 Å². The highest BCUT2D eigenvalue weighted by molar-refractivity contribution is 6.03. The number of ether oxygens (including phenoxy) is 1. The minimum absolute atomic E-state index is 0.00516. The number of hydrogen-bond acceptors (Lipinski definition) is 6. The van der Waals surface area contributed by atoms with Gasteiger partial charge in [0.25, 0.3) is 5.91 Å². The number of aromatic nitrogens is 3. The lowest BCUT2D eigenvalue weighted by atomic mass is 10.1. The van der Waals surface area contributed by atoms with Crippen molar-refractivity contribution in [3.8, 4) is 0 Å². The monoisotopic (exact) mass is 361 g/mol. The fourth-order valence-corrected chi connectivity index (χ4v) is 2.09. The summed E-state index contributed by atoms with van der Waals surface area (Å²) in [4.78, 5) is 36.6. The lowest BCUT2D eigenvalue weighted by Crippen LogP contribution is -2.26. The second kappa shape index (κ2) is 8.21. The van der Waals surface area contributed by atoms with Crippen molar-refractivity contribution in [1.29, 1.82) is 0 Å². The van der Waals surface area contributed by atoms with E-state index in [1.165, 1.54) is 35.0 Å². The second-order valence-electron chi connectivity index (χ2n) is 5.70. The molecule has 0 radical (unpaired) electrons. The van der Waals surface area contributed by atoms with Crippen LogP contribution in [0.5, 0.6) is 0 Å². The maximum Gasteiger partial charge on any atom is 0.335 e. The average molecular weight is 361 g/mol. The molecule has 2 rings (SSSR count). The number of amides is 2. The fourth-order valence-electron chi connectivity index (χ4n) is 2.09. The van der Waals surface area contributed by atoms with Crippen LogP contribution in [0.4, 0.5) is 5.69 Å². The van der Waals surface area contributed by atoms with Gasteiger partial charge < -0.3 is 20.1 Å². The maximum absolute atomic E-state index is 12.3. The topological polar surface area (TPSA) is 127 Å². The Balaban J connectivity index is 2.15. The molecule has 2 N–H and O–H groups in total. The Kier molecular flexibility index (Phi) is 6.02. The van der Waals surface area contributed by atoms with Crippen LogP contribution in [0.3, 0.4) is 0 Å². The number of hydrogen-bond donors (Lipinski definition) is 2. The summed E-state index contributed by atoms with van der Waals surface area (Å²) in [6, 6.07) is 4.40. The van der Waals surface area contributed by atoms with Gasteiger partial charge in [0.05, 0.1) is 18.4 Å². The van der Waals surface area contributed by atoms with E-state index in [1.807, 2.05) is 0 Å². The van der Waals surface area contributed by atoms with Gasteiger partial charge in [-0.25, -0.2) is 9.48 Å². The van der Waals surface area contributed by atoms with E-state index in [0.29, 0.717) is 11.3 Å². The summed E-state index contributed by atoms with van der Waals surface area (Å²) < 4.78 is 6.25. The summed E-state index contributed by atoms with van der Waals surface area (Å²) >= 11 is 0. The van der Waals surface area contributed by atoms with Gasteiger partial charge in [-0.2, -0.15) is 0 Å². The molecule has 0 aliphatic carbocycles. The summed E-state index contributed by atoms with van der Waals surface area (Å²) in [6.07, 6.45) is 1.34. The number of nitrogens with zero attached hydrogens (tertiary/aromatic N) is 4. The zero-order valence-corrected chi connectivity index (χ0v) is 14.6. The maximum atomic E-state index is 12.3. The van der Waals surface area contributed by atoms with Crippen molar-refractivity contribution in [3.05, 3.63) is 41.2 Å². The van der Waals surface area contributed by atoms with E-state index < -0.39 is 11.9 Å². The van der Waals surface area contributed by atoms with Crippen LogP contribution in [0.25, 0.3) is 0 Å². The molecule has 10 nitrogen and oxygen atoms in total. The molecule has 2 amide bonds. The highest BCUT2D eigenvalue weighted by Crippen LogP contribution is 2.17. The normalized spacial score (nSPS) is 10.4. The van der Waals surface area contributed by atoms with Crippen LogP contribution in [0.2, 0.25) is 0 Å². The van der Waals surface area contributed by atoms with Crippen molar-refractivity contribution in [2.45, 2.75) is 13.2 Å². The SMILES string of the molecule is COCc1cc(NC(=O)c2cn(CC(=O)N(C)C)nn2)cc(C(=O)O)c1. The molecule has 1 aromatic carbocycles. The number of anilines is 1. The summed E-state index contributed by atoms with van der Waals surface area (Å²) in [5.74, 6) is -1.88. The lowest BCUT2D eigenvalue weighted by Gasteiger charge is -2.09. The van der Waals surface area contributed by atoms with Crippen LogP contribution < -0.4 is 5.32 Å². The number of nitrogens with one attached hydrogen (secondary N) is 1. The van der Waals surface area contributed by atoms with Crippen molar-refractivity contribution in [2.24, 2.45) is 0 Å². The Bertz CT molecular complexity index is 830. The molecule has 0 saturated carbocycles. The van der Waals surface area contributed by atoms with Gasteiger partial charge in [-0.15, -0.1) is 5.10 Å². The van der Waals surface area contributed by atoms with Gasteiger partial charge in [0.15, 0.2) is 5.69 Å². The Hall–Kier alpha value is -3.27. The first kappa shape index (κ1) is 19.1. The quantitative estimate of drug-likeness (QED) is 0.733. The largest absolute Gasteiger partial charge is 0.478 e. The molecule has 0 saturated heterocycles. The number of aromatic carboxylic acids is 1. The van der Waals surface area contributed by atoms with Gasteiger partial charge in [0.2, 0.25) is 5.91 Å². The van der Waals surface area contributed by atoms with E-state index in [4.69, 9.17) is 4.74 Å². The minimum Gasteiger partial charge on any atom is -0.478 e. The molecule has 0 bridgehead atoms. The van der Waals surface area contributed by atoms with Crippen LogP contribution >= 0.6 is 0 Å². The van der Waals surface area contributed by atoms with Gasteiger partial charge in [-0.3, -0.25) is 9.59 Å². The lowest BCUT2D eigenvalue weighted by molar-refractivity contribution is -0.129. The summed E-state index contributed by atoms with van der Waals surface area (Å²) in [5.41, 5.74) is 0.921. The number of likely N-dealkylation sites (N-methyl/N-ethyl adjacent to an activating group) is 1. The molecule has 0 aliphatic heterocycles. The molecule has 138 valence electrons. The van der Waals surface area contributed by atoms with E-state index in [1.54, 1.807) is 20.2 Å². The first-order valence-corrected chi connectivity index (χ1v) is 7.58. The van der Waals surface area contributed by atoms with Gasteiger partial charge >= 0.3 is 5.97 Å². The van der Waals surface area contributed by atoms with Crippen molar-refractivity contribution in [3.63, 3.8) is 0 Å². The van der Waals surface area contributed by atoms with Crippen molar-refractivity contribution in [2.75, 3.05) is 26.5 Å². The van der Waals surface area contributed by atoms with Crippen LogP contribution in [0, 0.1) is 0 Å². The summed E-state index contributed by atoms with van der Waals surface area (Å²) in [6.45, 7) is 0.159. The predicted octanol–water partition coefficient (Wildman–Crippen LogP) is 0.463. The Morgan fingerprint density at radius 3 is 2.62 bits per heavy atom. The Morgan fingerprint density at radius 2 is 2.00 bits per heavy atom. The number of methoxy groups -OCH3 is 1. The number of carbonyl (C=O) groups is 3. The van der Waals surface area contributed by atoms with Crippen molar-refractivity contribution in [1.82, 2.24) is 19.9 Å². The standard InChI is InChI=1S/C16H19N5O5/c1-20(2)14(22)8-21-7-13(18-19-21)15(23)17-12-5-10(9-26-3)4-11(6-12)16(24)25/h4-7H,8-9H2,1-3H3,(H,17,23)(H,24,25). The molecule has 0 unspecified atom stereocenters. The number of carboxylic acids is 1. The van der Waals surface area contributed by atoms with Gasteiger partial charge in [0, 0.05) is 26.9 Å². The third-order valence-corrected chi connectivity index (χ3v) is 3.38. The third kappa shape index (κ3) is 4.86. The fraction of sp³-hybridized carbons (Fsp3) is 0.312. The highest BCUT2D eigenvalue weighted by Gasteiger charge is 2.15. The zero-order chi connectivity index (χ0) is 19.3. The number of rotatable bonds is 7.